The maximum Gasteiger partial charge on any atom is 0.255 e. The largest absolute Gasteiger partial charge is 0.493 e. The van der Waals surface area contributed by atoms with E-state index in [1.165, 1.54) is 0 Å². The first-order chi connectivity index (χ1) is 13.6. The molecule has 7 heteroatoms. The number of hydrogen-bond donors (Lipinski definition) is 3. The summed E-state index contributed by atoms with van der Waals surface area (Å²) in [5, 5.41) is 8.17. The molecule has 1 saturated carbocycles. The summed E-state index contributed by atoms with van der Waals surface area (Å²) >= 11 is 0. The molecule has 0 heterocycles. The highest BCUT2D eigenvalue weighted by Crippen LogP contribution is 2.20. The second kappa shape index (κ2) is 9.03. The average molecular weight is 381 g/mol. The van der Waals surface area contributed by atoms with Gasteiger partial charge in [0.1, 0.15) is 5.75 Å². The fourth-order valence-electron chi connectivity index (χ4n) is 2.63. The Labute approximate surface area is 163 Å². The summed E-state index contributed by atoms with van der Waals surface area (Å²) in [6, 6.07) is 13.8. The fraction of sp³-hybridized carbons (Fsp3) is 0.286. The van der Waals surface area contributed by atoms with Crippen LogP contribution in [0.3, 0.4) is 0 Å². The molecule has 1 aliphatic carbocycles. The van der Waals surface area contributed by atoms with Crippen molar-refractivity contribution in [3.8, 4) is 5.75 Å². The molecule has 3 N–H and O–H groups in total. The normalized spacial score (nSPS) is 12.8. The van der Waals surface area contributed by atoms with Crippen LogP contribution in [0.1, 0.15) is 40.5 Å². The molecule has 3 amide bonds. The first-order valence-electron chi connectivity index (χ1n) is 9.27. The van der Waals surface area contributed by atoms with Gasteiger partial charge in [-0.25, -0.2) is 0 Å². The number of carbonyl (C=O) groups is 3. The molecular formula is C21H23N3O4. The van der Waals surface area contributed by atoms with Gasteiger partial charge >= 0.3 is 0 Å². The maximum atomic E-state index is 12.3. The Morgan fingerprint density at radius 2 is 1.82 bits per heavy atom. The molecule has 0 atom stereocenters. The van der Waals surface area contributed by atoms with E-state index in [1.54, 1.807) is 48.5 Å². The van der Waals surface area contributed by atoms with Gasteiger partial charge in [0.05, 0.1) is 18.7 Å². The zero-order chi connectivity index (χ0) is 19.9. The smallest absolute Gasteiger partial charge is 0.255 e. The second-order valence-corrected chi connectivity index (χ2v) is 6.49. The fourth-order valence-corrected chi connectivity index (χ4v) is 2.63. The number of ether oxygens (including phenoxy) is 1. The molecule has 146 valence electrons. The molecule has 0 saturated heterocycles. The standard InChI is InChI=1S/C21H23N3O4/c1-2-28-18-9-4-3-8-17(18)21(27)22-13-19(25)23-16-7-5-6-14(12-16)20(26)24-15-10-11-15/h3-9,12,15H,2,10-11,13H2,1H3,(H,22,27)(H,23,25)(H,24,26). The highest BCUT2D eigenvalue weighted by molar-refractivity contribution is 6.01. The van der Waals surface area contributed by atoms with Crippen LogP contribution in [-0.2, 0) is 4.79 Å². The van der Waals surface area contributed by atoms with E-state index >= 15 is 0 Å². The quantitative estimate of drug-likeness (QED) is 0.654. The van der Waals surface area contributed by atoms with Crippen LogP contribution in [0.15, 0.2) is 48.5 Å². The molecule has 3 rings (SSSR count). The lowest BCUT2D eigenvalue weighted by molar-refractivity contribution is -0.115. The number of carbonyl (C=O) groups excluding carboxylic acids is 3. The number of benzene rings is 2. The number of nitrogens with one attached hydrogen (secondary N) is 3. The van der Waals surface area contributed by atoms with Crippen LogP contribution in [0.5, 0.6) is 5.75 Å². The van der Waals surface area contributed by atoms with Crippen molar-refractivity contribution < 1.29 is 19.1 Å². The Kier molecular flexibility index (Phi) is 6.26. The van der Waals surface area contributed by atoms with Gasteiger partial charge in [0.2, 0.25) is 5.91 Å². The van der Waals surface area contributed by atoms with E-state index < -0.39 is 5.91 Å². The molecule has 0 radical (unpaired) electrons. The van der Waals surface area contributed by atoms with Gasteiger partial charge in [0.15, 0.2) is 0 Å². The number of amides is 3. The van der Waals surface area contributed by atoms with Crippen molar-refractivity contribution in [3.05, 3.63) is 59.7 Å². The monoisotopic (exact) mass is 381 g/mol. The van der Waals surface area contributed by atoms with Crippen LogP contribution >= 0.6 is 0 Å². The Hall–Kier alpha value is -3.35. The molecule has 0 spiro atoms. The molecular weight excluding hydrogens is 358 g/mol. The van der Waals surface area contributed by atoms with E-state index in [4.69, 9.17) is 4.74 Å². The molecule has 7 nitrogen and oxygen atoms in total. The zero-order valence-corrected chi connectivity index (χ0v) is 15.7. The van der Waals surface area contributed by atoms with Gasteiger partial charge in [-0.05, 0) is 50.1 Å². The lowest BCUT2D eigenvalue weighted by Crippen LogP contribution is -2.33. The van der Waals surface area contributed by atoms with E-state index in [2.05, 4.69) is 16.0 Å². The third-order valence-corrected chi connectivity index (χ3v) is 4.16. The molecule has 1 fully saturated rings. The highest BCUT2D eigenvalue weighted by atomic mass is 16.5. The van der Waals surface area contributed by atoms with E-state index in [9.17, 15) is 14.4 Å². The van der Waals surface area contributed by atoms with Crippen molar-refractivity contribution in [2.75, 3.05) is 18.5 Å². The third kappa shape index (κ3) is 5.33. The minimum Gasteiger partial charge on any atom is -0.493 e. The van der Waals surface area contributed by atoms with Crippen LogP contribution in [0.25, 0.3) is 0 Å². The van der Waals surface area contributed by atoms with Gasteiger partial charge < -0.3 is 20.7 Å². The maximum absolute atomic E-state index is 12.3. The predicted molar refractivity (Wildman–Crippen MR) is 106 cm³/mol. The van der Waals surface area contributed by atoms with Gasteiger partial charge in [-0.1, -0.05) is 18.2 Å². The summed E-state index contributed by atoms with van der Waals surface area (Å²) in [5.74, 6) is -0.463. The molecule has 0 aromatic heterocycles. The number of anilines is 1. The van der Waals surface area contributed by atoms with Crippen LogP contribution in [-0.4, -0.2) is 36.9 Å². The zero-order valence-electron chi connectivity index (χ0n) is 15.7. The Morgan fingerprint density at radius 1 is 1.04 bits per heavy atom. The van der Waals surface area contributed by atoms with Crippen molar-refractivity contribution in [3.63, 3.8) is 0 Å². The molecule has 0 unspecified atom stereocenters. The van der Waals surface area contributed by atoms with Gasteiger partial charge in [-0.15, -0.1) is 0 Å². The minimum absolute atomic E-state index is 0.153. The molecule has 0 aliphatic heterocycles. The predicted octanol–water partition coefficient (Wildman–Crippen LogP) is 2.35. The molecule has 2 aromatic rings. The topological polar surface area (TPSA) is 96.5 Å². The van der Waals surface area contributed by atoms with Gasteiger partial charge in [-0.3, -0.25) is 14.4 Å². The van der Waals surface area contributed by atoms with Crippen molar-refractivity contribution in [2.45, 2.75) is 25.8 Å². The van der Waals surface area contributed by atoms with Crippen LogP contribution < -0.4 is 20.7 Å². The second-order valence-electron chi connectivity index (χ2n) is 6.49. The Bertz CT molecular complexity index is 877. The van der Waals surface area contributed by atoms with Crippen molar-refractivity contribution >= 4 is 23.4 Å². The van der Waals surface area contributed by atoms with Gasteiger partial charge in [0.25, 0.3) is 11.8 Å². The summed E-state index contributed by atoms with van der Waals surface area (Å²) in [7, 11) is 0. The Morgan fingerprint density at radius 3 is 2.57 bits per heavy atom. The van der Waals surface area contributed by atoms with E-state index in [0.29, 0.717) is 29.2 Å². The summed E-state index contributed by atoms with van der Waals surface area (Å²) in [5.41, 5.74) is 1.35. The third-order valence-electron chi connectivity index (χ3n) is 4.16. The molecule has 2 aromatic carbocycles. The lowest BCUT2D eigenvalue weighted by atomic mass is 10.2. The number of rotatable bonds is 8. The summed E-state index contributed by atoms with van der Waals surface area (Å²) in [4.78, 5) is 36.6. The van der Waals surface area contributed by atoms with Gasteiger partial charge in [-0.2, -0.15) is 0 Å². The Balaban J connectivity index is 1.54. The van der Waals surface area contributed by atoms with Crippen LogP contribution in [0.4, 0.5) is 5.69 Å². The van der Waals surface area contributed by atoms with Gasteiger partial charge in [0, 0.05) is 17.3 Å². The SMILES string of the molecule is CCOc1ccccc1C(=O)NCC(=O)Nc1cccc(C(=O)NC2CC2)c1. The number of hydrogen-bond acceptors (Lipinski definition) is 4. The molecule has 1 aliphatic rings. The van der Waals surface area contributed by atoms with E-state index in [-0.39, 0.29) is 24.4 Å². The van der Waals surface area contributed by atoms with Crippen molar-refractivity contribution in [1.29, 1.82) is 0 Å². The summed E-state index contributed by atoms with van der Waals surface area (Å²) < 4.78 is 5.43. The van der Waals surface area contributed by atoms with Crippen LogP contribution in [0, 0.1) is 0 Å². The van der Waals surface area contributed by atoms with E-state index in [0.717, 1.165) is 12.8 Å². The minimum atomic E-state index is -0.392. The first-order valence-corrected chi connectivity index (χ1v) is 9.27. The lowest BCUT2D eigenvalue weighted by Gasteiger charge is -2.11. The van der Waals surface area contributed by atoms with Crippen molar-refractivity contribution in [2.24, 2.45) is 0 Å². The summed E-state index contributed by atoms with van der Waals surface area (Å²) in [6.07, 6.45) is 2.02. The average Bonchev–Trinajstić information content (AvgIpc) is 3.51. The molecule has 0 bridgehead atoms. The highest BCUT2D eigenvalue weighted by Gasteiger charge is 2.23. The van der Waals surface area contributed by atoms with Crippen molar-refractivity contribution in [1.82, 2.24) is 10.6 Å². The number of para-hydroxylation sites is 1. The molecule has 28 heavy (non-hydrogen) atoms. The first kappa shape index (κ1) is 19.4. The van der Waals surface area contributed by atoms with E-state index in [1.807, 2.05) is 6.92 Å². The van der Waals surface area contributed by atoms with Crippen LogP contribution in [0.2, 0.25) is 0 Å². The summed E-state index contributed by atoms with van der Waals surface area (Å²) in [6.45, 7) is 2.08.